The standard InChI is InChI=1S/C17H32N4O2/c1-6-20(7-2)12-10-19-17(13-18)9-8-11-21(14-17)15(22)23-16(3,4)5/h19H,6-12,14H2,1-5H3. The summed E-state index contributed by atoms with van der Waals surface area (Å²) in [5, 5.41) is 13.0. The monoisotopic (exact) mass is 324 g/mol. The van der Waals surface area contributed by atoms with Gasteiger partial charge in [0, 0.05) is 19.6 Å². The highest BCUT2D eigenvalue weighted by Gasteiger charge is 2.38. The summed E-state index contributed by atoms with van der Waals surface area (Å²) in [5.74, 6) is 0. The molecule has 1 heterocycles. The van der Waals surface area contributed by atoms with Gasteiger partial charge in [0.25, 0.3) is 0 Å². The number of piperidine rings is 1. The van der Waals surface area contributed by atoms with E-state index in [9.17, 15) is 10.1 Å². The lowest BCUT2D eigenvalue weighted by Crippen LogP contribution is -2.58. The summed E-state index contributed by atoms with van der Waals surface area (Å²) >= 11 is 0. The van der Waals surface area contributed by atoms with Gasteiger partial charge in [-0.15, -0.1) is 0 Å². The van der Waals surface area contributed by atoms with Gasteiger partial charge < -0.3 is 14.5 Å². The SMILES string of the molecule is CCN(CC)CCNC1(C#N)CCCN(C(=O)OC(C)(C)C)C1. The second kappa shape index (κ2) is 8.51. The van der Waals surface area contributed by atoms with Crippen LogP contribution in [0, 0.1) is 11.3 Å². The van der Waals surface area contributed by atoms with Crippen molar-refractivity contribution in [1.82, 2.24) is 15.1 Å². The third-order valence-corrected chi connectivity index (χ3v) is 4.14. The second-order valence-electron chi connectivity index (χ2n) is 7.15. The maximum Gasteiger partial charge on any atom is 0.410 e. The molecule has 132 valence electrons. The van der Waals surface area contributed by atoms with Gasteiger partial charge in [0.2, 0.25) is 0 Å². The molecule has 0 aliphatic carbocycles. The Hall–Kier alpha value is -1.32. The molecule has 0 bridgehead atoms. The first kappa shape index (κ1) is 19.7. The molecular formula is C17H32N4O2. The van der Waals surface area contributed by atoms with Gasteiger partial charge in [0.15, 0.2) is 0 Å². The summed E-state index contributed by atoms with van der Waals surface area (Å²) in [6, 6.07) is 2.40. The summed E-state index contributed by atoms with van der Waals surface area (Å²) in [4.78, 5) is 16.2. The average Bonchev–Trinajstić information content (AvgIpc) is 2.50. The normalized spacial score (nSPS) is 22.0. The highest BCUT2D eigenvalue weighted by Crippen LogP contribution is 2.22. The van der Waals surface area contributed by atoms with E-state index in [-0.39, 0.29) is 6.09 Å². The number of nitriles is 1. The van der Waals surface area contributed by atoms with Crippen molar-refractivity contribution in [1.29, 1.82) is 5.26 Å². The van der Waals surface area contributed by atoms with Crippen LogP contribution in [0.15, 0.2) is 0 Å². The van der Waals surface area contributed by atoms with E-state index in [1.54, 1.807) is 4.90 Å². The minimum absolute atomic E-state index is 0.331. The molecule has 0 radical (unpaired) electrons. The topological polar surface area (TPSA) is 68.6 Å². The number of hydrogen-bond acceptors (Lipinski definition) is 5. The Labute approximate surface area is 140 Å². The first-order valence-corrected chi connectivity index (χ1v) is 8.62. The maximum absolute atomic E-state index is 12.3. The largest absolute Gasteiger partial charge is 0.444 e. The molecule has 1 aliphatic rings. The second-order valence-corrected chi connectivity index (χ2v) is 7.15. The van der Waals surface area contributed by atoms with Gasteiger partial charge in [0.05, 0.1) is 12.6 Å². The Morgan fingerprint density at radius 3 is 2.57 bits per heavy atom. The van der Waals surface area contributed by atoms with E-state index in [1.165, 1.54) is 0 Å². The van der Waals surface area contributed by atoms with E-state index in [0.29, 0.717) is 13.1 Å². The number of likely N-dealkylation sites (N-methyl/N-ethyl adjacent to an activating group) is 1. The quantitative estimate of drug-likeness (QED) is 0.811. The molecule has 1 fully saturated rings. The molecule has 1 unspecified atom stereocenters. The fourth-order valence-corrected chi connectivity index (χ4v) is 2.81. The molecule has 6 heteroatoms. The van der Waals surface area contributed by atoms with Gasteiger partial charge in [0.1, 0.15) is 11.1 Å². The van der Waals surface area contributed by atoms with Crippen molar-refractivity contribution < 1.29 is 9.53 Å². The molecule has 0 aromatic heterocycles. The number of nitrogens with zero attached hydrogens (tertiary/aromatic N) is 3. The summed E-state index contributed by atoms with van der Waals surface area (Å²) < 4.78 is 5.43. The lowest BCUT2D eigenvalue weighted by atomic mass is 9.90. The minimum Gasteiger partial charge on any atom is -0.444 e. The van der Waals surface area contributed by atoms with E-state index in [1.807, 2.05) is 20.8 Å². The first-order chi connectivity index (χ1) is 10.7. The molecule has 1 rings (SSSR count). The van der Waals surface area contributed by atoms with Crippen molar-refractivity contribution in [2.75, 3.05) is 39.3 Å². The van der Waals surface area contributed by atoms with Crippen LogP contribution in [0.2, 0.25) is 0 Å². The van der Waals surface area contributed by atoms with Crippen LogP contribution in [0.25, 0.3) is 0 Å². The number of hydrogen-bond donors (Lipinski definition) is 1. The number of carbonyl (C=O) groups excluding carboxylic acids is 1. The molecule has 1 aliphatic heterocycles. The molecule has 1 saturated heterocycles. The van der Waals surface area contributed by atoms with E-state index in [2.05, 4.69) is 30.1 Å². The Bertz CT molecular complexity index is 423. The van der Waals surface area contributed by atoms with Crippen LogP contribution in [0.3, 0.4) is 0 Å². The predicted molar refractivity (Wildman–Crippen MR) is 91.2 cm³/mol. The molecule has 23 heavy (non-hydrogen) atoms. The average molecular weight is 324 g/mol. The lowest BCUT2D eigenvalue weighted by Gasteiger charge is -2.39. The molecule has 6 nitrogen and oxygen atoms in total. The Morgan fingerprint density at radius 2 is 2.04 bits per heavy atom. The van der Waals surface area contributed by atoms with Crippen molar-refractivity contribution in [2.45, 2.75) is 58.6 Å². The van der Waals surface area contributed by atoms with Gasteiger partial charge in [-0.3, -0.25) is 5.32 Å². The highest BCUT2D eigenvalue weighted by atomic mass is 16.6. The zero-order valence-electron chi connectivity index (χ0n) is 15.3. The van der Waals surface area contributed by atoms with Gasteiger partial charge in [-0.2, -0.15) is 5.26 Å². The summed E-state index contributed by atoms with van der Waals surface area (Å²) in [7, 11) is 0. The van der Waals surface area contributed by atoms with Crippen LogP contribution < -0.4 is 5.32 Å². The van der Waals surface area contributed by atoms with Crippen LogP contribution >= 0.6 is 0 Å². The zero-order chi connectivity index (χ0) is 17.5. The number of amides is 1. The Morgan fingerprint density at radius 1 is 1.39 bits per heavy atom. The van der Waals surface area contributed by atoms with Crippen LogP contribution in [0.4, 0.5) is 4.79 Å². The van der Waals surface area contributed by atoms with Gasteiger partial charge in [-0.05, 0) is 46.7 Å². The van der Waals surface area contributed by atoms with Crippen LogP contribution in [0.5, 0.6) is 0 Å². The summed E-state index contributed by atoms with van der Waals surface area (Å²) in [5.41, 5.74) is -1.18. The number of rotatable bonds is 6. The van der Waals surface area contributed by atoms with E-state index in [0.717, 1.165) is 39.0 Å². The molecule has 1 N–H and O–H groups in total. The van der Waals surface area contributed by atoms with Crippen molar-refractivity contribution in [3.05, 3.63) is 0 Å². The van der Waals surface area contributed by atoms with E-state index >= 15 is 0 Å². The van der Waals surface area contributed by atoms with Crippen LogP contribution in [0.1, 0.15) is 47.5 Å². The van der Waals surface area contributed by atoms with Crippen LogP contribution in [-0.4, -0.2) is 66.3 Å². The summed E-state index contributed by atoms with van der Waals surface area (Å²) in [6.07, 6.45) is 1.24. The molecule has 1 amide bonds. The van der Waals surface area contributed by atoms with Gasteiger partial charge in [-0.25, -0.2) is 4.79 Å². The van der Waals surface area contributed by atoms with Crippen molar-refractivity contribution in [3.8, 4) is 6.07 Å². The first-order valence-electron chi connectivity index (χ1n) is 8.62. The minimum atomic E-state index is -0.664. The molecule has 0 spiro atoms. The van der Waals surface area contributed by atoms with E-state index in [4.69, 9.17) is 4.74 Å². The number of ether oxygens (including phenoxy) is 1. The molecular weight excluding hydrogens is 292 g/mol. The molecule has 0 saturated carbocycles. The van der Waals surface area contributed by atoms with Crippen molar-refractivity contribution in [2.24, 2.45) is 0 Å². The number of likely N-dealkylation sites (tertiary alicyclic amines) is 1. The highest BCUT2D eigenvalue weighted by molar-refractivity contribution is 5.68. The molecule has 1 atom stereocenters. The van der Waals surface area contributed by atoms with Crippen LogP contribution in [-0.2, 0) is 4.74 Å². The van der Waals surface area contributed by atoms with E-state index < -0.39 is 11.1 Å². The fraction of sp³-hybridized carbons (Fsp3) is 0.882. The fourth-order valence-electron chi connectivity index (χ4n) is 2.81. The molecule has 0 aromatic rings. The van der Waals surface area contributed by atoms with Gasteiger partial charge in [-0.1, -0.05) is 13.8 Å². The third kappa shape index (κ3) is 6.36. The Balaban J connectivity index is 2.61. The number of nitrogens with one attached hydrogen (secondary N) is 1. The third-order valence-electron chi connectivity index (χ3n) is 4.14. The zero-order valence-corrected chi connectivity index (χ0v) is 15.3. The lowest BCUT2D eigenvalue weighted by molar-refractivity contribution is 0.0150. The van der Waals surface area contributed by atoms with Gasteiger partial charge >= 0.3 is 6.09 Å². The predicted octanol–water partition coefficient (Wildman–Crippen LogP) is 2.21. The van der Waals surface area contributed by atoms with Crippen molar-refractivity contribution >= 4 is 6.09 Å². The van der Waals surface area contributed by atoms with Crippen molar-refractivity contribution in [3.63, 3.8) is 0 Å². The maximum atomic E-state index is 12.3. The smallest absolute Gasteiger partial charge is 0.410 e. The Kier molecular flexibility index (Phi) is 7.30. The molecule has 0 aromatic carbocycles. The number of carbonyl (C=O) groups is 1. The summed E-state index contributed by atoms with van der Waals surface area (Å²) in [6.45, 7) is 14.5.